The average molecular weight is 237 g/mol. The summed E-state index contributed by atoms with van der Waals surface area (Å²) in [5, 5.41) is 0. The van der Waals surface area contributed by atoms with Crippen LogP contribution in [0.3, 0.4) is 0 Å². The molecule has 0 atom stereocenters. The Kier molecular flexibility index (Phi) is 2.87. The lowest BCUT2D eigenvalue weighted by Gasteiger charge is -2.50. The Hall–Kier alpha value is -1.49. The number of rotatable bonds is 2. The highest BCUT2D eigenvalue weighted by atomic mass is 19.1. The first kappa shape index (κ1) is 12.0. The van der Waals surface area contributed by atoms with Gasteiger partial charge in [0.25, 0.3) is 5.91 Å². The summed E-state index contributed by atoms with van der Waals surface area (Å²) in [6, 6.07) is 1.39. The number of hydrogen-bond donors (Lipinski definition) is 1. The van der Waals surface area contributed by atoms with Crippen molar-refractivity contribution in [2.45, 2.75) is 19.4 Å². The Labute approximate surface area is 99.6 Å². The van der Waals surface area contributed by atoms with Crippen molar-refractivity contribution < 1.29 is 9.18 Å². The lowest BCUT2D eigenvalue weighted by atomic mass is 9.80. The molecule has 0 aromatic carbocycles. The van der Waals surface area contributed by atoms with Crippen molar-refractivity contribution >= 4 is 5.91 Å². The van der Waals surface area contributed by atoms with Crippen molar-refractivity contribution in [2.24, 2.45) is 11.7 Å². The molecular formula is C12H16FN3O. The van der Waals surface area contributed by atoms with Gasteiger partial charge in [0, 0.05) is 19.3 Å². The third-order valence-electron chi connectivity index (χ3n) is 3.41. The van der Waals surface area contributed by atoms with E-state index in [1.807, 2.05) is 13.8 Å². The molecule has 1 amide bonds. The molecule has 0 spiro atoms. The van der Waals surface area contributed by atoms with E-state index >= 15 is 0 Å². The number of halogens is 1. The monoisotopic (exact) mass is 237 g/mol. The molecule has 0 bridgehead atoms. The highest BCUT2D eigenvalue weighted by molar-refractivity contribution is 5.95. The minimum Gasteiger partial charge on any atom is -0.335 e. The number of carbonyl (C=O) groups is 1. The molecule has 2 heterocycles. The first-order valence-electron chi connectivity index (χ1n) is 5.62. The number of pyridine rings is 1. The molecule has 2 rings (SSSR count). The van der Waals surface area contributed by atoms with Crippen molar-refractivity contribution in [1.82, 2.24) is 9.88 Å². The fraction of sp³-hybridized carbons (Fsp3) is 0.500. The molecule has 0 aliphatic carbocycles. The van der Waals surface area contributed by atoms with Gasteiger partial charge in [0.1, 0.15) is 0 Å². The minimum atomic E-state index is -0.587. The molecule has 1 aromatic heterocycles. The van der Waals surface area contributed by atoms with Crippen LogP contribution in [0.2, 0.25) is 0 Å². The van der Waals surface area contributed by atoms with Gasteiger partial charge in [0.15, 0.2) is 5.82 Å². The second kappa shape index (κ2) is 4.07. The number of nitrogens with zero attached hydrogens (tertiary/aromatic N) is 2. The summed E-state index contributed by atoms with van der Waals surface area (Å²) >= 11 is 0. The van der Waals surface area contributed by atoms with Gasteiger partial charge in [-0.1, -0.05) is 13.8 Å². The Morgan fingerprint density at radius 1 is 1.59 bits per heavy atom. The fourth-order valence-corrected chi connectivity index (χ4v) is 1.89. The molecule has 1 saturated heterocycles. The van der Waals surface area contributed by atoms with Crippen LogP contribution >= 0.6 is 0 Å². The molecule has 92 valence electrons. The third kappa shape index (κ3) is 2.02. The van der Waals surface area contributed by atoms with Gasteiger partial charge in [-0.25, -0.2) is 4.39 Å². The van der Waals surface area contributed by atoms with Gasteiger partial charge in [0.2, 0.25) is 0 Å². The van der Waals surface area contributed by atoms with Crippen LogP contribution < -0.4 is 5.73 Å². The van der Waals surface area contributed by atoms with E-state index in [-0.39, 0.29) is 17.0 Å². The summed E-state index contributed by atoms with van der Waals surface area (Å²) in [4.78, 5) is 17.1. The molecule has 0 radical (unpaired) electrons. The molecule has 1 aromatic rings. The van der Waals surface area contributed by atoms with Crippen LogP contribution in [0.1, 0.15) is 24.2 Å². The van der Waals surface area contributed by atoms with Crippen LogP contribution in [-0.4, -0.2) is 34.4 Å². The second-order valence-corrected chi connectivity index (χ2v) is 4.90. The minimum absolute atomic E-state index is 0.0609. The normalized spacial score (nSPS) is 18.1. The van der Waals surface area contributed by atoms with Gasteiger partial charge >= 0.3 is 0 Å². The van der Waals surface area contributed by atoms with Gasteiger partial charge in [-0.3, -0.25) is 9.78 Å². The Morgan fingerprint density at radius 3 is 2.76 bits per heavy atom. The zero-order valence-electron chi connectivity index (χ0n) is 9.98. The number of likely N-dealkylation sites (tertiary alicyclic amines) is 1. The third-order valence-corrected chi connectivity index (χ3v) is 3.41. The number of amides is 1. The maximum absolute atomic E-state index is 13.4. The predicted molar refractivity (Wildman–Crippen MR) is 61.9 cm³/mol. The van der Waals surface area contributed by atoms with E-state index in [4.69, 9.17) is 5.73 Å². The van der Waals surface area contributed by atoms with Crippen LogP contribution in [0, 0.1) is 11.7 Å². The van der Waals surface area contributed by atoms with Crippen molar-refractivity contribution in [2.75, 3.05) is 13.1 Å². The van der Waals surface area contributed by atoms with Gasteiger partial charge in [0.05, 0.1) is 17.3 Å². The number of hydrogen-bond acceptors (Lipinski definition) is 3. The van der Waals surface area contributed by atoms with Gasteiger partial charge in [-0.15, -0.1) is 0 Å². The predicted octanol–water partition coefficient (Wildman–Crippen LogP) is 1.03. The molecule has 2 N–H and O–H groups in total. The lowest BCUT2D eigenvalue weighted by molar-refractivity contribution is 0.0271. The molecular weight excluding hydrogens is 221 g/mol. The fourth-order valence-electron chi connectivity index (χ4n) is 1.89. The SMILES string of the molecule is CC(C)C1(N)CN(C(=O)c2ccncc2F)C1. The van der Waals surface area contributed by atoms with E-state index in [1.54, 1.807) is 4.90 Å². The maximum atomic E-state index is 13.4. The second-order valence-electron chi connectivity index (χ2n) is 4.90. The highest BCUT2D eigenvalue weighted by Crippen LogP contribution is 2.27. The summed E-state index contributed by atoms with van der Waals surface area (Å²) in [6.07, 6.45) is 2.46. The Morgan fingerprint density at radius 2 is 2.24 bits per heavy atom. The van der Waals surface area contributed by atoms with Crippen molar-refractivity contribution in [1.29, 1.82) is 0 Å². The summed E-state index contributed by atoms with van der Waals surface area (Å²) < 4.78 is 13.4. The van der Waals surface area contributed by atoms with E-state index in [0.29, 0.717) is 19.0 Å². The van der Waals surface area contributed by atoms with E-state index in [0.717, 1.165) is 6.20 Å². The number of carbonyl (C=O) groups excluding carboxylic acids is 1. The smallest absolute Gasteiger partial charge is 0.257 e. The zero-order valence-corrected chi connectivity index (χ0v) is 9.98. The van der Waals surface area contributed by atoms with E-state index in [1.165, 1.54) is 12.3 Å². The molecule has 1 aliphatic heterocycles. The summed E-state index contributed by atoms with van der Waals surface area (Å²) in [6.45, 7) is 5.00. The quantitative estimate of drug-likeness (QED) is 0.835. The number of nitrogens with two attached hydrogens (primary N) is 1. The number of aromatic nitrogens is 1. The van der Waals surface area contributed by atoms with Gasteiger partial charge in [-0.05, 0) is 12.0 Å². The Bertz CT molecular complexity index is 441. The molecule has 0 saturated carbocycles. The van der Waals surface area contributed by atoms with Gasteiger partial charge < -0.3 is 10.6 Å². The summed E-state index contributed by atoms with van der Waals surface area (Å²) in [7, 11) is 0. The van der Waals surface area contributed by atoms with Gasteiger partial charge in [-0.2, -0.15) is 0 Å². The van der Waals surface area contributed by atoms with E-state index in [2.05, 4.69) is 4.98 Å². The van der Waals surface area contributed by atoms with Crippen LogP contribution in [0.4, 0.5) is 4.39 Å². The maximum Gasteiger partial charge on any atom is 0.257 e. The topological polar surface area (TPSA) is 59.2 Å². The molecule has 17 heavy (non-hydrogen) atoms. The largest absolute Gasteiger partial charge is 0.335 e. The van der Waals surface area contributed by atoms with E-state index < -0.39 is 5.82 Å². The molecule has 1 fully saturated rings. The zero-order chi connectivity index (χ0) is 12.6. The van der Waals surface area contributed by atoms with Crippen molar-refractivity contribution in [3.63, 3.8) is 0 Å². The van der Waals surface area contributed by atoms with Crippen LogP contribution in [0.15, 0.2) is 18.5 Å². The first-order chi connectivity index (χ1) is 7.94. The standard InChI is InChI=1S/C12H16FN3O/c1-8(2)12(14)6-16(7-12)11(17)9-3-4-15-5-10(9)13/h3-5,8H,6-7,14H2,1-2H3. The van der Waals surface area contributed by atoms with E-state index in [9.17, 15) is 9.18 Å². The highest BCUT2D eigenvalue weighted by Gasteiger charge is 2.44. The average Bonchev–Trinajstić information content (AvgIpc) is 2.24. The summed E-state index contributed by atoms with van der Waals surface area (Å²) in [5.74, 6) is -0.600. The Balaban J connectivity index is 2.08. The van der Waals surface area contributed by atoms with Crippen molar-refractivity contribution in [3.05, 3.63) is 29.8 Å². The van der Waals surface area contributed by atoms with Crippen molar-refractivity contribution in [3.8, 4) is 0 Å². The molecule has 1 aliphatic rings. The first-order valence-corrected chi connectivity index (χ1v) is 5.62. The lowest BCUT2D eigenvalue weighted by Crippen LogP contribution is -2.71. The molecule has 4 nitrogen and oxygen atoms in total. The molecule has 0 unspecified atom stereocenters. The van der Waals surface area contributed by atoms with Crippen LogP contribution in [0.25, 0.3) is 0 Å². The van der Waals surface area contributed by atoms with Crippen LogP contribution in [-0.2, 0) is 0 Å². The summed E-state index contributed by atoms with van der Waals surface area (Å²) in [5.41, 5.74) is 5.82. The molecule has 5 heteroatoms. The van der Waals surface area contributed by atoms with Crippen LogP contribution in [0.5, 0.6) is 0 Å².